The molecule has 1 aromatic heterocycles. The molecule has 0 aliphatic carbocycles. The van der Waals surface area contributed by atoms with Crippen molar-refractivity contribution in [3.63, 3.8) is 0 Å². The predicted octanol–water partition coefficient (Wildman–Crippen LogP) is 1.35. The number of carbonyl (C=O) groups is 1. The number of rotatable bonds is 7. The average Bonchev–Trinajstić information content (AvgIpc) is 2.66. The van der Waals surface area contributed by atoms with Gasteiger partial charge in [0.2, 0.25) is 0 Å². The quantitative estimate of drug-likeness (QED) is 0.729. The first-order valence-corrected chi connectivity index (χ1v) is 6.86. The Morgan fingerprint density at radius 2 is 2.06 bits per heavy atom. The van der Waals surface area contributed by atoms with Crippen LogP contribution in [0.25, 0.3) is 0 Å². The number of aryl methyl sites for hydroxylation is 1. The van der Waals surface area contributed by atoms with Crippen molar-refractivity contribution in [1.82, 2.24) is 14.8 Å². The summed E-state index contributed by atoms with van der Waals surface area (Å²) < 4.78 is 1.93. The standard InChI is InChI=1S/C11H19N3O3S/c1-7(2)14-9(5-4-8(3)15)12-13-11(14)18-6-10(16)17/h7-8,15H,4-6H2,1-3H3,(H,16,17). The Kier molecular flexibility index (Phi) is 5.61. The van der Waals surface area contributed by atoms with E-state index < -0.39 is 5.97 Å². The van der Waals surface area contributed by atoms with Crippen LogP contribution in [0.5, 0.6) is 0 Å². The van der Waals surface area contributed by atoms with Crippen LogP contribution in [0.2, 0.25) is 0 Å². The molecule has 6 nitrogen and oxygen atoms in total. The second-order valence-electron chi connectivity index (χ2n) is 4.43. The Balaban J connectivity index is 2.81. The number of aliphatic hydroxyl groups is 1. The Morgan fingerprint density at radius 1 is 1.39 bits per heavy atom. The molecule has 0 saturated heterocycles. The summed E-state index contributed by atoms with van der Waals surface area (Å²) in [6.07, 6.45) is 0.878. The number of thioether (sulfide) groups is 1. The van der Waals surface area contributed by atoms with E-state index in [-0.39, 0.29) is 17.9 Å². The molecule has 1 aromatic rings. The summed E-state index contributed by atoms with van der Waals surface area (Å²) >= 11 is 1.17. The van der Waals surface area contributed by atoms with Crippen LogP contribution >= 0.6 is 11.8 Å². The van der Waals surface area contributed by atoms with E-state index in [0.29, 0.717) is 18.0 Å². The fraction of sp³-hybridized carbons (Fsp3) is 0.727. The highest BCUT2D eigenvalue weighted by molar-refractivity contribution is 7.99. The highest BCUT2D eigenvalue weighted by Gasteiger charge is 2.16. The summed E-state index contributed by atoms with van der Waals surface area (Å²) in [4.78, 5) is 10.6. The molecular weight excluding hydrogens is 254 g/mol. The van der Waals surface area contributed by atoms with Crippen molar-refractivity contribution in [2.24, 2.45) is 0 Å². The van der Waals surface area contributed by atoms with Crippen LogP contribution in [0.15, 0.2) is 5.16 Å². The summed E-state index contributed by atoms with van der Waals surface area (Å²) in [5.41, 5.74) is 0. The molecule has 1 atom stereocenters. The predicted molar refractivity (Wildman–Crippen MR) is 68.8 cm³/mol. The minimum absolute atomic E-state index is 0.0265. The lowest BCUT2D eigenvalue weighted by molar-refractivity contribution is -0.133. The first kappa shape index (κ1) is 15.0. The molecule has 0 radical (unpaired) electrons. The SMILES string of the molecule is CC(O)CCc1nnc(SCC(=O)O)n1C(C)C. The van der Waals surface area contributed by atoms with Crippen molar-refractivity contribution in [2.75, 3.05) is 5.75 Å². The van der Waals surface area contributed by atoms with Gasteiger partial charge in [-0.1, -0.05) is 11.8 Å². The van der Waals surface area contributed by atoms with E-state index in [0.717, 1.165) is 5.82 Å². The van der Waals surface area contributed by atoms with E-state index in [1.165, 1.54) is 11.8 Å². The molecule has 7 heteroatoms. The molecule has 0 spiro atoms. The van der Waals surface area contributed by atoms with Crippen molar-refractivity contribution in [3.05, 3.63) is 5.82 Å². The largest absolute Gasteiger partial charge is 0.481 e. The molecule has 0 aromatic carbocycles. The van der Waals surface area contributed by atoms with Gasteiger partial charge in [0.05, 0.1) is 11.9 Å². The highest BCUT2D eigenvalue weighted by atomic mass is 32.2. The second-order valence-corrected chi connectivity index (χ2v) is 5.38. The molecule has 0 aliphatic heterocycles. The van der Waals surface area contributed by atoms with Gasteiger partial charge in [-0.2, -0.15) is 0 Å². The highest BCUT2D eigenvalue weighted by Crippen LogP contribution is 2.22. The van der Waals surface area contributed by atoms with Crippen molar-refractivity contribution < 1.29 is 15.0 Å². The molecule has 1 rings (SSSR count). The molecule has 102 valence electrons. The molecule has 0 aliphatic rings. The van der Waals surface area contributed by atoms with Gasteiger partial charge in [0, 0.05) is 12.5 Å². The van der Waals surface area contributed by atoms with E-state index in [9.17, 15) is 9.90 Å². The number of aliphatic carboxylic acids is 1. The fourth-order valence-electron chi connectivity index (χ4n) is 1.56. The Morgan fingerprint density at radius 3 is 2.56 bits per heavy atom. The maximum atomic E-state index is 10.6. The summed E-state index contributed by atoms with van der Waals surface area (Å²) in [6.45, 7) is 5.73. The number of carboxylic acid groups (broad SMARTS) is 1. The topological polar surface area (TPSA) is 88.2 Å². The third-order valence-corrected chi connectivity index (χ3v) is 3.29. The average molecular weight is 273 g/mol. The number of aliphatic hydroxyl groups excluding tert-OH is 1. The van der Waals surface area contributed by atoms with Crippen LogP contribution in [0.3, 0.4) is 0 Å². The maximum absolute atomic E-state index is 10.6. The van der Waals surface area contributed by atoms with Gasteiger partial charge in [-0.3, -0.25) is 4.79 Å². The molecule has 0 bridgehead atoms. The van der Waals surface area contributed by atoms with E-state index in [2.05, 4.69) is 10.2 Å². The number of hydrogen-bond acceptors (Lipinski definition) is 5. The van der Waals surface area contributed by atoms with Gasteiger partial charge in [0.25, 0.3) is 0 Å². The van der Waals surface area contributed by atoms with E-state index in [4.69, 9.17) is 5.11 Å². The van der Waals surface area contributed by atoms with Gasteiger partial charge in [0.15, 0.2) is 5.16 Å². The van der Waals surface area contributed by atoms with Gasteiger partial charge in [-0.05, 0) is 27.2 Å². The number of carboxylic acids is 1. The molecule has 0 fully saturated rings. The maximum Gasteiger partial charge on any atom is 0.313 e. The van der Waals surface area contributed by atoms with Crippen molar-refractivity contribution in [2.45, 2.75) is 50.9 Å². The Hall–Kier alpha value is -1.08. The van der Waals surface area contributed by atoms with Gasteiger partial charge in [-0.15, -0.1) is 10.2 Å². The number of hydrogen-bond donors (Lipinski definition) is 2. The minimum atomic E-state index is -0.871. The zero-order valence-corrected chi connectivity index (χ0v) is 11.6. The van der Waals surface area contributed by atoms with Gasteiger partial charge in [-0.25, -0.2) is 0 Å². The smallest absolute Gasteiger partial charge is 0.313 e. The molecule has 0 amide bonds. The molecular formula is C11H19N3O3S. The molecule has 18 heavy (non-hydrogen) atoms. The normalized spacial score (nSPS) is 12.9. The van der Waals surface area contributed by atoms with Crippen LogP contribution in [0.1, 0.15) is 39.1 Å². The van der Waals surface area contributed by atoms with Gasteiger partial charge in [0.1, 0.15) is 5.82 Å². The Labute approximate surface area is 110 Å². The minimum Gasteiger partial charge on any atom is -0.481 e. The van der Waals surface area contributed by atoms with Crippen molar-refractivity contribution >= 4 is 17.7 Å². The first-order chi connectivity index (χ1) is 8.41. The lowest BCUT2D eigenvalue weighted by Crippen LogP contribution is -2.11. The van der Waals surface area contributed by atoms with Crippen LogP contribution < -0.4 is 0 Å². The van der Waals surface area contributed by atoms with Crippen molar-refractivity contribution in [3.8, 4) is 0 Å². The van der Waals surface area contributed by atoms with Gasteiger partial charge < -0.3 is 14.8 Å². The molecule has 1 unspecified atom stereocenters. The second kappa shape index (κ2) is 6.75. The monoisotopic (exact) mass is 273 g/mol. The summed E-state index contributed by atoms with van der Waals surface area (Å²) in [5.74, 6) is -0.107. The summed E-state index contributed by atoms with van der Waals surface area (Å²) in [5, 5.41) is 26.7. The third kappa shape index (κ3) is 4.30. The molecule has 0 saturated carbocycles. The fourth-order valence-corrected chi connectivity index (χ4v) is 2.37. The lowest BCUT2D eigenvalue weighted by atomic mass is 10.2. The van der Waals surface area contributed by atoms with E-state index in [1.54, 1.807) is 6.92 Å². The summed E-state index contributed by atoms with van der Waals surface area (Å²) in [6, 6.07) is 0.167. The van der Waals surface area contributed by atoms with Crippen molar-refractivity contribution in [1.29, 1.82) is 0 Å². The third-order valence-electron chi connectivity index (χ3n) is 2.36. The summed E-state index contributed by atoms with van der Waals surface area (Å²) in [7, 11) is 0. The zero-order valence-electron chi connectivity index (χ0n) is 10.8. The molecule has 2 N–H and O–H groups in total. The first-order valence-electron chi connectivity index (χ1n) is 5.88. The van der Waals surface area contributed by atoms with E-state index >= 15 is 0 Å². The van der Waals surface area contributed by atoms with Crippen LogP contribution in [-0.4, -0.2) is 42.8 Å². The van der Waals surface area contributed by atoms with Crippen LogP contribution in [-0.2, 0) is 11.2 Å². The molecule has 1 heterocycles. The number of nitrogens with zero attached hydrogens (tertiary/aromatic N) is 3. The Bertz CT molecular complexity index is 404. The lowest BCUT2D eigenvalue weighted by Gasteiger charge is -2.13. The number of aromatic nitrogens is 3. The van der Waals surface area contributed by atoms with E-state index in [1.807, 2.05) is 18.4 Å². The van der Waals surface area contributed by atoms with Crippen LogP contribution in [0.4, 0.5) is 0 Å². The van der Waals surface area contributed by atoms with Gasteiger partial charge >= 0.3 is 5.97 Å². The zero-order chi connectivity index (χ0) is 13.7. The van der Waals surface area contributed by atoms with Crippen LogP contribution in [0, 0.1) is 0 Å².